The molecule has 0 amide bonds. The van der Waals surface area contributed by atoms with E-state index in [-0.39, 0.29) is 0 Å². The summed E-state index contributed by atoms with van der Waals surface area (Å²) >= 11 is 0. The van der Waals surface area contributed by atoms with Crippen molar-refractivity contribution in [2.75, 3.05) is 0 Å². The molecule has 2 nitrogen and oxygen atoms in total. The van der Waals surface area contributed by atoms with Gasteiger partial charge >= 0.3 is 0 Å². The van der Waals surface area contributed by atoms with Crippen molar-refractivity contribution in [2.45, 2.75) is 13.1 Å². The van der Waals surface area contributed by atoms with Gasteiger partial charge in [-0.3, -0.25) is 9.96 Å². The van der Waals surface area contributed by atoms with Crippen molar-refractivity contribution >= 4 is 19.8 Å². The Kier molecular flexibility index (Phi) is 3.49. The summed E-state index contributed by atoms with van der Waals surface area (Å²) in [6.45, 7) is 4.29. The molecule has 0 spiro atoms. The third-order valence-corrected chi connectivity index (χ3v) is 3.93. The number of benzene rings is 2. The number of rotatable bonds is 4. The highest BCUT2D eigenvalue weighted by atomic mass is 28.3. The van der Waals surface area contributed by atoms with Crippen LogP contribution < -0.4 is 9.96 Å². The van der Waals surface area contributed by atoms with Gasteiger partial charge in [-0.25, -0.2) is 0 Å². The van der Waals surface area contributed by atoms with E-state index in [1.807, 2.05) is 60.7 Å². The molecule has 0 saturated heterocycles. The molecule has 0 aromatic heterocycles. The lowest BCUT2D eigenvalue weighted by Gasteiger charge is -2.21. The quantitative estimate of drug-likeness (QED) is 0.731. The van der Waals surface area contributed by atoms with E-state index in [0.29, 0.717) is 0 Å². The van der Waals surface area contributed by atoms with E-state index in [0.717, 1.165) is 11.4 Å². The van der Waals surface area contributed by atoms with Crippen LogP contribution in [-0.4, -0.2) is 8.40 Å². The van der Waals surface area contributed by atoms with E-state index in [9.17, 15) is 0 Å². The molecule has 2 rings (SSSR count). The highest BCUT2D eigenvalue weighted by Crippen LogP contribution is 2.16. The van der Waals surface area contributed by atoms with Crippen molar-refractivity contribution in [1.82, 2.24) is 9.96 Å². The molecule has 2 radical (unpaired) electrons. The summed E-state index contributed by atoms with van der Waals surface area (Å²) in [5, 5.41) is 0. The Labute approximate surface area is 104 Å². The van der Waals surface area contributed by atoms with Crippen LogP contribution in [0.15, 0.2) is 60.7 Å². The highest BCUT2D eigenvalue weighted by molar-refractivity contribution is 6.73. The molecule has 0 aliphatic carbocycles. The van der Waals surface area contributed by atoms with Crippen LogP contribution in [0.25, 0.3) is 0 Å². The zero-order valence-electron chi connectivity index (χ0n) is 10.2. The van der Waals surface area contributed by atoms with Crippen LogP contribution in [0, 0.1) is 0 Å². The molecule has 0 saturated carbocycles. The van der Waals surface area contributed by atoms with Gasteiger partial charge in [0.25, 0.3) is 8.40 Å². The summed E-state index contributed by atoms with van der Waals surface area (Å²) < 4.78 is 0. The fourth-order valence-corrected chi connectivity index (χ4v) is 3.27. The summed E-state index contributed by atoms with van der Waals surface area (Å²) in [4.78, 5) is 9.52. The van der Waals surface area contributed by atoms with Gasteiger partial charge in [0.05, 0.1) is 0 Å². The Bertz CT molecular complexity index is 411. The van der Waals surface area contributed by atoms with Crippen molar-refractivity contribution in [3.05, 3.63) is 60.7 Å². The summed E-state index contributed by atoms with van der Waals surface area (Å²) in [5.74, 6) is 0. The Morgan fingerprint density at radius 1 is 0.647 bits per heavy atom. The van der Waals surface area contributed by atoms with Gasteiger partial charge in [0, 0.05) is 11.4 Å². The first-order valence-corrected chi connectivity index (χ1v) is 8.61. The van der Waals surface area contributed by atoms with Gasteiger partial charge in [0.1, 0.15) is 0 Å². The first-order chi connectivity index (χ1) is 8.16. The summed E-state index contributed by atoms with van der Waals surface area (Å²) in [6, 6.07) is 20.1. The normalized spacial score (nSPS) is 10.9. The van der Waals surface area contributed by atoms with Crippen molar-refractivity contribution in [3.8, 4) is 0 Å². The standard InChI is InChI=1S/C14H16N2Si/c1-17(2,15-13-9-5-3-6-10-13)16-14-11-7-4-8-12-14/h3-12H,1-2H3. The van der Waals surface area contributed by atoms with E-state index in [1.165, 1.54) is 0 Å². The monoisotopic (exact) mass is 240 g/mol. The lowest BCUT2D eigenvalue weighted by molar-refractivity contribution is 1.10. The Balaban J connectivity index is 2.04. The molecule has 2 aromatic rings. The van der Waals surface area contributed by atoms with Gasteiger partial charge in [-0.2, -0.15) is 0 Å². The molecular formula is C14H16N2Si. The third kappa shape index (κ3) is 3.64. The van der Waals surface area contributed by atoms with Crippen molar-refractivity contribution in [2.24, 2.45) is 0 Å². The molecule has 17 heavy (non-hydrogen) atoms. The Morgan fingerprint density at radius 3 is 1.35 bits per heavy atom. The molecule has 2 aromatic carbocycles. The van der Waals surface area contributed by atoms with Gasteiger partial charge < -0.3 is 0 Å². The molecule has 0 unspecified atom stereocenters. The van der Waals surface area contributed by atoms with Gasteiger partial charge in [0.2, 0.25) is 0 Å². The average Bonchev–Trinajstić information content (AvgIpc) is 2.30. The SMILES string of the molecule is C[Si](C)([N]c1ccccc1)[N]c1ccccc1. The molecule has 3 heteroatoms. The van der Waals surface area contributed by atoms with E-state index in [4.69, 9.17) is 9.96 Å². The van der Waals surface area contributed by atoms with Crippen LogP contribution in [0.1, 0.15) is 0 Å². The highest BCUT2D eigenvalue weighted by Gasteiger charge is 2.25. The van der Waals surface area contributed by atoms with E-state index in [1.54, 1.807) is 0 Å². The average molecular weight is 240 g/mol. The molecule has 0 atom stereocenters. The van der Waals surface area contributed by atoms with E-state index >= 15 is 0 Å². The minimum absolute atomic E-state index is 1.02. The van der Waals surface area contributed by atoms with Crippen molar-refractivity contribution < 1.29 is 0 Å². The lowest BCUT2D eigenvalue weighted by Crippen LogP contribution is -2.44. The predicted molar refractivity (Wildman–Crippen MR) is 74.0 cm³/mol. The molecule has 0 aliphatic heterocycles. The minimum Gasteiger partial charge on any atom is -0.296 e. The maximum absolute atomic E-state index is 4.76. The Morgan fingerprint density at radius 2 is 1.00 bits per heavy atom. The zero-order valence-corrected chi connectivity index (χ0v) is 11.2. The molecule has 0 bridgehead atoms. The maximum atomic E-state index is 4.76. The first kappa shape index (κ1) is 11.7. The molecular weight excluding hydrogens is 224 g/mol. The second-order valence-electron chi connectivity index (χ2n) is 4.39. The lowest BCUT2D eigenvalue weighted by atomic mass is 10.3. The van der Waals surface area contributed by atoms with Crippen molar-refractivity contribution in [3.63, 3.8) is 0 Å². The number of nitrogens with zero attached hydrogens (tertiary/aromatic N) is 2. The van der Waals surface area contributed by atoms with Crippen LogP contribution in [0.3, 0.4) is 0 Å². The minimum atomic E-state index is -1.93. The van der Waals surface area contributed by atoms with Crippen LogP contribution in [-0.2, 0) is 0 Å². The molecule has 0 fully saturated rings. The fourth-order valence-electron chi connectivity index (χ4n) is 1.66. The van der Waals surface area contributed by atoms with Crippen LogP contribution in [0.5, 0.6) is 0 Å². The van der Waals surface area contributed by atoms with Gasteiger partial charge in [-0.05, 0) is 37.4 Å². The van der Waals surface area contributed by atoms with E-state index < -0.39 is 8.40 Å². The van der Waals surface area contributed by atoms with Crippen LogP contribution in [0.4, 0.5) is 11.4 Å². The molecule has 0 N–H and O–H groups in total. The van der Waals surface area contributed by atoms with E-state index in [2.05, 4.69) is 13.1 Å². The van der Waals surface area contributed by atoms with Gasteiger partial charge in [-0.15, -0.1) is 0 Å². The van der Waals surface area contributed by atoms with Crippen molar-refractivity contribution in [1.29, 1.82) is 0 Å². The molecule has 0 heterocycles. The maximum Gasteiger partial charge on any atom is 0.297 e. The first-order valence-electron chi connectivity index (χ1n) is 5.72. The van der Waals surface area contributed by atoms with Gasteiger partial charge in [-0.1, -0.05) is 36.4 Å². The predicted octanol–water partition coefficient (Wildman–Crippen LogP) is 3.56. The summed E-state index contributed by atoms with van der Waals surface area (Å²) in [7, 11) is -1.93. The number of hydrogen-bond donors (Lipinski definition) is 0. The van der Waals surface area contributed by atoms with Gasteiger partial charge in [0.15, 0.2) is 0 Å². The molecule has 0 aliphatic rings. The van der Waals surface area contributed by atoms with Crippen LogP contribution in [0.2, 0.25) is 13.1 Å². The second kappa shape index (κ2) is 5.06. The van der Waals surface area contributed by atoms with Crippen LogP contribution >= 0.6 is 0 Å². The number of hydrogen-bond acceptors (Lipinski definition) is 0. The second-order valence-corrected chi connectivity index (χ2v) is 7.83. The largest absolute Gasteiger partial charge is 0.297 e. The Hall–Kier alpha value is -1.74. The zero-order chi connectivity index (χ0) is 12.1. The summed E-state index contributed by atoms with van der Waals surface area (Å²) in [5.41, 5.74) is 2.03. The molecule has 86 valence electrons. The fraction of sp³-hybridized carbons (Fsp3) is 0.143. The smallest absolute Gasteiger partial charge is 0.296 e. The third-order valence-electron chi connectivity index (χ3n) is 2.32. The topological polar surface area (TPSA) is 28.2 Å². The summed E-state index contributed by atoms with van der Waals surface area (Å²) in [6.07, 6.45) is 0.